The lowest BCUT2D eigenvalue weighted by Gasteiger charge is -2.27. The third kappa shape index (κ3) is 5.92. The molecular formula is C58H40N4. The van der Waals surface area contributed by atoms with Gasteiger partial charge < -0.3 is 18.9 Å². The Balaban J connectivity index is 0.975. The summed E-state index contributed by atoms with van der Waals surface area (Å²) in [6.45, 7) is 0. The number of aromatic nitrogens is 2. The highest BCUT2D eigenvalue weighted by Crippen LogP contribution is 2.43. The lowest BCUT2D eigenvalue weighted by Crippen LogP contribution is -2.10. The Morgan fingerprint density at radius 2 is 0.548 bits per heavy atom. The topological polar surface area (TPSA) is 16.3 Å². The first-order chi connectivity index (χ1) is 30.8. The lowest BCUT2D eigenvalue weighted by molar-refractivity contribution is 1.18. The maximum Gasteiger partial charge on any atom is 0.0542 e. The average molecular weight is 793 g/mol. The SMILES string of the molecule is c1ccc(N(c2ccc3cc(N(c4ccccc4)c4ccc5c(c4)c4ccccc4n5-c4ccccc4)ccc3c2)c2ccc3c(c2)c2ccccc2n3-c2ccccc2)cc1. The lowest BCUT2D eigenvalue weighted by atomic mass is 10.1. The van der Waals surface area contributed by atoms with Gasteiger partial charge >= 0.3 is 0 Å². The fraction of sp³-hybridized carbons (Fsp3) is 0. The van der Waals surface area contributed by atoms with Crippen molar-refractivity contribution in [2.75, 3.05) is 9.80 Å². The molecule has 0 unspecified atom stereocenters. The first-order valence-electron chi connectivity index (χ1n) is 21.2. The van der Waals surface area contributed by atoms with Crippen molar-refractivity contribution in [1.82, 2.24) is 9.13 Å². The smallest absolute Gasteiger partial charge is 0.0542 e. The third-order valence-electron chi connectivity index (χ3n) is 12.2. The van der Waals surface area contributed by atoms with E-state index in [9.17, 15) is 0 Å². The minimum Gasteiger partial charge on any atom is -0.310 e. The summed E-state index contributed by atoms with van der Waals surface area (Å²) in [7, 11) is 0. The molecule has 12 aromatic rings. The number of fused-ring (bicyclic) bond motifs is 7. The highest BCUT2D eigenvalue weighted by Gasteiger charge is 2.20. The second-order valence-electron chi connectivity index (χ2n) is 15.8. The molecular weight excluding hydrogens is 753 g/mol. The van der Waals surface area contributed by atoms with Gasteiger partial charge in [-0.3, -0.25) is 0 Å². The van der Waals surface area contributed by atoms with Crippen molar-refractivity contribution < 1.29 is 0 Å². The van der Waals surface area contributed by atoms with E-state index in [4.69, 9.17) is 0 Å². The Hall–Kier alpha value is -8.34. The molecule has 2 aromatic heterocycles. The van der Waals surface area contributed by atoms with Gasteiger partial charge in [-0.05, 0) is 132 Å². The van der Waals surface area contributed by atoms with Crippen molar-refractivity contribution in [2.24, 2.45) is 0 Å². The number of rotatable bonds is 8. The highest BCUT2D eigenvalue weighted by molar-refractivity contribution is 6.12. The Morgan fingerprint density at radius 1 is 0.226 bits per heavy atom. The Kier molecular flexibility index (Phi) is 8.46. The molecule has 4 nitrogen and oxygen atoms in total. The molecule has 0 radical (unpaired) electrons. The summed E-state index contributed by atoms with van der Waals surface area (Å²) in [5.41, 5.74) is 13.7. The van der Waals surface area contributed by atoms with Crippen molar-refractivity contribution in [2.45, 2.75) is 0 Å². The summed E-state index contributed by atoms with van der Waals surface area (Å²) >= 11 is 0. The first kappa shape index (κ1) is 35.6. The van der Waals surface area contributed by atoms with Gasteiger partial charge in [0.1, 0.15) is 0 Å². The van der Waals surface area contributed by atoms with E-state index in [-0.39, 0.29) is 0 Å². The maximum absolute atomic E-state index is 2.37. The van der Waals surface area contributed by atoms with E-state index in [1.165, 1.54) is 54.4 Å². The van der Waals surface area contributed by atoms with Gasteiger partial charge in [0, 0.05) is 67.0 Å². The van der Waals surface area contributed by atoms with Crippen LogP contribution in [-0.4, -0.2) is 9.13 Å². The standard InChI is InChI=1S/C58H40N4/c1-5-17-43(18-6-1)59(49-33-35-57-53(39-49)51-25-13-15-27-55(51)61(57)45-21-9-3-10-22-45)47-31-29-42-38-48(32-30-41(42)37-47)60(44-19-7-2-8-20-44)50-34-36-58-54(40-50)52-26-14-16-28-56(52)62(58)46-23-11-4-12-24-46/h1-40H. The van der Waals surface area contributed by atoms with Crippen LogP contribution in [0, 0.1) is 0 Å². The predicted octanol–water partition coefficient (Wildman–Crippen LogP) is 16.0. The van der Waals surface area contributed by atoms with Gasteiger partial charge in [-0.1, -0.05) is 121 Å². The minimum atomic E-state index is 1.10. The Bertz CT molecular complexity index is 3330. The fourth-order valence-corrected chi connectivity index (χ4v) is 9.46. The Labute approximate surface area is 360 Å². The number of hydrogen-bond acceptors (Lipinski definition) is 2. The van der Waals surface area contributed by atoms with E-state index in [1.54, 1.807) is 0 Å². The second kappa shape index (κ2) is 14.7. The van der Waals surface area contributed by atoms with E-state index in [0.717, 1.165) is 45.5 Å². The van der Waals surface area contributed by atoms with E-state index in [0.29, 0.717) is 0 Å². The molecule has 62 heavy (non-hydrogen) atoms. The zero-order valence-electron chi connectivity index (χ0n) is 33.9. The van der Waals surface area contributed by atoms with Crippen molar-refractivity contribution in [3.63, 3.8) is 0 Å². The molecule has 0 spiro atoms. The number of para-hydroxylation sites is 6. The average Bonchev–Trinajstić information content (AvgIpc) is 3.85. The van der Waals surface area contributed by atoms with Crippen LogP contribution in [0.25, 0.3) is 65.8 Å². The van der Waals surface area contributed by atoms with Crippen LogP contribution >= 0.6 is 0 Å². The van der Waals surface area contributed by atoms with Crippen molar-refractivity contribution in [3.8, 4) is 11.4 Å². The normalized spacial score (nSPS) is 11.5. The van der Waals surface area contributed by atoms with Crippen LogP contribution < -0.4 is 9.80 Å². The number of hydrogen-bond donors (Lipinski definition) is 0. The summed E-state index contributed by atoms with van der Waals surface area (Å²) in [6.07, 6.45) is 0. The van der Waals surface area contributed by atoms with Gasteiger partial charge in [-0.15, -0.1) is 0 Å². The molecule has 0 saturated heterocycles. The van der Waals surface area contributed by atoms with Gasteiger partial charge in [0.25, 0.3) is 0 Å². The van der Waals surface area contributed by atoms with E-state index < -0.39 is 0 Å². The van der Waals surface area contributed by atoms with Crippen molar-refractivity contribution in [1.29, 1.82) is 0 Å². The van der Waals surface area contributed by atoms with Crippen LogP contribution in [0.5, 0.6) is 0 Å². The summed E-state index contributed by atoms with van der Waals surface area (Å²) in [6, 6.07) is 87.6. The largest absolute Gasteiger partial charge is 0.310 e. The summed E-state index contributed by atoms with van der Waals surface area (Å²) in [5.74, 6) is 0. The summed E-state index contributed by atoms with van der Waals surface area (Å²) in [4.78, 5) is 4.75. The van der Waals surface area contributed by atoms with Crippen LogP contribution in [0.3, 0.4) is 0 Å². The Morgan fingerprint density at radius 3 is 0.968 bits per heavy atom. The third-order valence-corrected chi connectivity index (χ3v) is 12.2. The number of nitrogens with zero attached hydrogens (tertiary/aromatic N) is 4. The molecule has 2 heterocycles. The monoisotopic (exact) mass is 792 g/mol. The molecule has 0 aliphatic carbocycles. The second-order valence-corrected chi connectivity index (χ2v) is 15.8. The molecule has 0 aliphatic rings. The zero-order valence-corrected chi connectivity index (χ0v) is 33.9. The number of anilines is 6. The van der Waals surface area contributed by atoms with Gasteiger partial charge in [0.15, 0.2) is 0 Å². The van der Waals surface area contributed by atoms with Crippen molar-refractivity contribution >= 4 is 88.5 Å². The quantitative estimate of drug-likeness (QED) is 0.152. The van der Waals surface area contributed by atoms with Gasteiger partial charge in [-0.2, -0.15) is 0 Å². The summed E-state index contributed by atoms with van der Waals surface area (Å²) < 4.78 is 4.74. The van der Waals surface area contributed by atoms with Crippen LogP contribution in [0.1, 0.15) is 0 Å². The van der Waals surface area contributed by atoms with E-state index in [2.05, 4.69) is 262 Å². The van der Waals surface area contributed by atoms with Gasteiger partial charge in [0.05, 0.1) is 22.1 Å². The minimum absolute atomic E-state index is 1.10. The predicted molar refractivity (Wildman–Crippen MR) is 262 cm³/mol. The van der Waals surface area contributed by atoms with E-state index in [1.807, 2.05) is 0 Å². The molecule has 0 fully saturated rings. The van der Waals surface area contributed by atoms with Gasteiger partial charge in [0.2, 0.25) is 0 Å². The molecule has 0 atom stereocenters. The van der Waals surface area contributed by atoms with Crippen molar-refractivity contribution in [3.05, 3.63) is 243 Å². The van der Waals surface area contributed by atoms with Crippen LogP contribution in [0.4, 0.5) is 34.1 Å². The van der Waals surface area contributed by atoms with Crippen LogP contribution in [0.2, 0.25) is 0 Å². The zero-order chi connectivity index (χ0) is 41.0. The fourth-order valence-electron chi connectivity index (χ4n) is 9.46. The highest BCUT2D eigenvalue weighted by atomic mass is 15.2. The molecule has 4 heteroatoms. The van der Waals surface area contributed by atoms with Crippen LogP contribution in [0.15, 0.2) is 243 Å². The van der Waals surface area contributed by atoms with Crippen LogP contribution in [-0.2, 0) is 0 Å². The molecule has 0 amide bonds. The molecule has 0 aliphatic heterocycles. The molecule has 0 N–H and O–H groups in total. The summed E-state index contributed by atoms with van der Waals surface area (Å²) in [5, 5.41) is 7.24. The van der Waals surface area contributed by atoms with Gasteiger partial charge in [-0.25, -0.2) is 0 Å². The molecule has 0 bridgehead atoms. The molecule has 0 saturated carbocycles. The maximum atomic E-state index is 2.37. The molecule has 12 rings (SSSR count). The van der Waals surface area contributed by atoms with E-state index >= 15 is 0 Å². The molecule has 10 aromatic carbocycles. The first-order valence-corrected chi connectivity index (χ1v) is 21.2. The number of benzene rings is 10. The molecule has 292 valence electrons.